The maximum atomic E-state index is 11.9. The molecule has 0 aliphatic carbocycles. The molecule has 0 radical (unpaired) electrons. The number of aromatic nitrogens is 4. The van der Waals surface area contributed by atoms with E-state index >= 15 is 0 Å². The second-order valence-corrected chi connectivity index (χ2v) is 8.08. The molecule has 1 aromatic carbocycles. The van der Waals surface area contributed by atoms with Gasteiger partial charge in [0.1, 0.15) is 5.75 Å². The van der Waals surface area contributed by atoms with Gasteiger partial charge in [-0.2, -0.15) is 9.97 Å². The number of hydrogen-bond donors (Lipinski definition) is 2. The fraction of sp³-hybridized carbons (Fsp3) is 0.455. The molecule has 0 aliphatic heterocycles. The van der Waals surface area contributed by atoms with Crippen LogP contribution < -0.4 is 15.4 Å². The highest BCUT2D eigenvalue weighted by Crippen LogP contribution is 2.20. The first kappa shape index (κ1) is 23.6. The van der Waals surface area contributed by atoms with E-state index in [9.17, 15) is 4.79 Å². The zero-order valence-corrected chi connectivity index (χ0v) is 19.4. The predicted molar refractivity (Wildman–Crippen MR) is 124 cm³/mol. The van der Waals surface area contributed by atoms with E-state index in [1.54, 1.807) is 13.4 Å². The second-order valence-electron chi connectivity index (χ2n) is 7.75. The molecule has 2 N–H and O–H groups in total. The number of anilines is 1. The number of benzene rings is 1. The van der Waals surface area contributed by atoms with Crippen LogP contribution in [0.4, 0.5) is 10.6 Å². The van der Waals surface area contributed by atoms with Crippen molar-refractivity contribution in [3.63, 3.8) is 0 Å². The lowest BCUT2D eigenvalue weighted by molar-refractivity contribution is 0.143. The van der Waals surface area contributed by atoms with Gasteiger partial charge in [0.2, 0.25) is 5.28 Å². The Morgan fingerprint density at radius 2 is 1.97 bits per heavy atom. The molecule has 2 heterocycles. The van der Waals surface area contributed by atoms with E-state index in [1.165, 1.54) is 0 Å². The number of halogens is 1. The molecule has 0 saturated heterocycles. The van der Waals surface area contributed by atoms with Crippen LogP contribution in [0.15, 0.2) is 30.6 Å². The summed E-state index contributed by atoms with van der Waals surface area (Å²) in [5.74, 6) is 1.90. The van der Waals surface area contributed by atoms with Gasteiger partial charge in [-0.3, -0.25) is 0 Å². The summed E-state index contributed by atoms with van der Waals surface area (Å²) in [6, 6.07) is 7.67. The first-order valence-electron chi connectivity index (χ1n) is 10.6. The molecule has 0 fully saturated rings. The molecule has 9 nitrogen and oxygen atoms in total. The Morgan fingerprint density at radius 3 is 2.69 bits per heavy atom. The summed E-state index contributed by atoms with van der Waals surface area (Å²) >= 11 is 5.98. The minimum Gasteiger partial charge on any atom is -0.493 e. The number of alkyl carbamates (subject to hydrolysis) is 1. The number of nitrogens with one attached hydrogen (secondary N) is 2. The Balaban J connectivity index is 1.35. The minimum absolute atomic E-state index is 0.168. The van der Waals surface area contributed by atoms with Crippen molar-refractivity contribution in [2.24, 2.45) is 5.92 Å². The number of carbonyl (C=O) groups is 1. The maximum Gasteiger partial charge on any atom is 0.407 e. The molecule has 0 atom stereocenters. The number of nitrogens with zero attached hydrogens (tertiary/aromatic N) is 4. The number of rotatable bonds is 11. The van der Waals surface area contributed by atoms with Crippen LogP contribution >= 0.6 is 11.6 Å². The fourth-order valence-electron chi connectivity index (χ4n) is 3.00. The summed E-state index contributed by atoms with van der Waals surface area (Å²) in [6.45, 7) is 6.31. The molecule has 0 unspecified atom stereocenters. The number of fused-ring (bicyclic) bond motifs is 1. The molecule has 2 aromatic heterocycles. The van der Waals surface area contributed by atoms with Crippen LogP contribution in [0, 0.1) is 5.92 Å². The van der Waals surface area contributed by atoms with E-state index in [4.69, 9.17) is 21.1 Å². The smallest absolute Gasteiger partial charge is 0.407 e. The van der Waals surface area contributed by atoms with Crippen LogP contribution in [0.5, 0.6) is 5.75 Å². The zero-order valence-electron chi connectivity index (χ0n) is 18.6. The highest BCUT2D eigenvalue weighted by Gasteiger charge is 2.11. The van der Waals surface area contributed by atoms with Crippen LogP contribution in [-0.2, 0) is 17.8 Å². The lowest BCUT2D eigenvalue weighted by atomic mass is 10.2. The number of carbonyl (C=O) groups excluding carboxylic acids is 1. The van der Waals surface area contributed by atoms with E-state index in [-0.39, 0.29) is 5.28 Å². The Labute approximate surface area is 192 Å². The zero-order chi connectivity index (χ0) is 22.9. The number of hydrogen-bond acceptors (Lipinski definition) is 7. The summed E-state index contributed by atoms with van der Waals surface area (Å²) in [4.78, 5) is 24.6. The molecule has 172 valence electrons. The van der Waals surface area contributed by atoms with E-state index < -0.39 is 6.09 Å². The van der Waals surface area contributed by atoms with Gasteiger partial charge in [-0.05, 0) is 48.1 Å². The van der Waals surface area contributed by atoms with Crippen molar-refractivity contribution >= 4 is 34.7 Å². The normalized spacial score (nSPS) is 11.0. The van der Waals surface area contributed by atoms with Gasteiger partial charge in [0.05, 0.1) is 19.5 Å². The fourth-order valence-corrected chi connectivity index (χ4v) is 3.16. The van der Waals surface area contributed by atoms with Crippen LogP contribution in [0.2, 0.25) is 5.28 Å². The predicted octanol–water partition coefficient (Wildman–Crippen LogP) is 4.26. The number of ether oxygens (including phenoxy) is 2. The molecule has 10 heteroatoms. The van der Waals surface area contributed by atoms with Gasteiger partial charge in [-0.25, -0.2) is 9.78 Å². The molecular weight excluding hydrogens is 432 g/mol. The lowest BCUT2D eigenvalue weighted by Gasteiger charge is -2.10. The highest BCUT2D eigenvalue weighted by atomic mass is 35.5. The van der Waals surface area contributed by atoms with E-state index in [2.05, 4.69) is 39.4 Å². The third-order valence-corrected chi connectivity index (χ3v) is 4.81. The van der Waals surface area contributed by atoms with Gasteiger partial charge >= 0.3 is 6.09 Å². The van der Waals surface area contributed by atoms with Crippen molar-refractivity contribution in [3.05, 3.63) is 41.4 Å². The van der Waals surface area contributed by atoms with E-state index in [1.807, 2.05) is 28.8 Å². The summed E-state index contributed by atoms with van der Waals surface area (Å²) in [5.41, 5.74) is 2.33. The topological polar surface area (TPSA) is 103 Å². The van der Waals surface area contributed by atoms with E-state index in [0.29, 0.717) is 55.6 Å². The van der Waals surface area contributed by atoms with Crippen molar-refractivity contribution in [2.75, 3.05) is 25.6 Å². The van der Waals surface area contributed by atoms with Gasteiger partial charge in [-0.1, -0.05) is 26.0 Å². The molecule has 0 aliphatic rings. The van der Waals surface area contributed by atoms with Gasteiger partial charge in [0.25, 0.3) is 0 Å². The van der Waals surface area contributed by atoms with Crippen molar-refractivity contribution in [1.29, 1.82) is 0 Å². The summed E-state index contributed by atoms with van der Waals surface area (Å²) in [6.07, 6.45) is 2.79. The minimum atomic E-state index is -0.434. The SMILES string of the molecule is CNc1nc(Cl)nc2c1ncn2CCCCOC(=O)NCc1ccc(OCC(C)C)cc1. The molecule has 1 amide bonds. The quantitative estimate of drug-likeness (QED) is 0.325. The number of imidazole rings is 1. The Morgan fingerprint density at radius 1 is 1.19 bits per heavy atom. The Hall–Kier alpha value is -3.07. The largest absolute Gasteiger partial charge is 0.493 e. The lowest BCUT2D eigenvalue weighted by Crippen LogP contribution is -2.24. The maximum absolute atomic E-state index is 11.9. The third-order valence-electron chi connectivity index (χ3n) is 4.64. The van der Waals surface area contributed by atoms with Crippen molar-refractivity contribution in [3.8, 4) is 5.75 Å². The Bertz CT molecular complexity index is 1020. The van der Waals surface area contributed by atoms with Crippen LogP contribution in [0.25, 0.3) is 11.2 Å². The van der Waals surface area contributed by atoms with Crippen LogP contribution in [0.1, 0.15) is 32.3 Å². The summed E-state index contributed by atoms with van der Waals surface area (Å²) < 4.78 is 12.8. The average molecular weight is 461 g/mol. The van der Waals surface area contributed by atoms with Gasteiger partial charge in [0, 0.05) is 20.1 Å². The molecule has 3 rings (SSSR count). The summed E-state index contributed by atoms with van der Waals surface area (Å²) in [7, 11) is 1.76. The second kappa shape index (κ2) is 11.5. The number of unbranched alkanes of at least 4 members (excludes halogenated alkanes) is 1. The van der Waals surface area contributed by atoms with Gasteiger partial charge in [0.15, 0.2) is 17.0 Å². The number of amides is 1. The third kappa shape index (κ3) is 6.71. The highest BCUT2D eigenvalue weighted by molar-refractivity contribution is 6.28. The van der Waals surface area contributed by atoms with Crippen molar-refractivity contribution in [1.82, 2.24) is 24.8 Å². The molecule has 0 spiro atoms. The van der Waals surface area contributed by atoms with Gasteiger partial charge in [-0.15, -0.1) is 0 Å². The average Bonchev–Trinajstić information content (AvgIpc) is 3.18. The molecule has 0 saturated carbocycles. The molecule has 3 aromatic rings. The Kier molecular flexibility index (Phi) is 8.49. The monoisotopic (exact) mass is 460 g/mol. The molecular formula is C22H29ClN6O3. The van der Waals surface area contributed by atoms with Crippen LogP contribution in [0.3, 0.4) is 0 Å². The first-order valence-corrected chi connectivity index (χ1v) is 11.0. The summed E-state index contributed by atoms with van der Waals surface area (Å²) in [5, 5.41) is 5.90. The first-order chi connectivity index (χ1) is 15.5. The van der Waals surface area contributed by atoms with E-state index in [0.717, 1.165) is 17.7 Å². The molecule has 0 bridgehead atoms. The van der Waals surface area contributed by atoms with Crippen molar-refractivity contribution in [2.45, 2.75) is 39.8 Å². The standard InChI is InChI=1S/C22H29ClN6O3/c1-15(2)13-32-17-8-6-16(7-9-17)12-25-22(30)31-11-5-4-10-29-14-26-18-19(24-3)27-21(23)28-20(18)29/h6-9,14-15H,4-5,10-13H2,1-3H3,(H,25,30)(H,24,27,28). The number of aryl methyl sites for hydroxylation is 1. The molecule has 32 heavy (non-hydrogen) atoms. The van der Waals surface area contributed by atoms with Crippen molar-refractivity contribution < 1.29 is 14.3 Å². The van der Waals surface area contributed by atoms with Crippen LogP contribution in [-0.4, -0.2) is 45.9 Å². The van der Waals surface area contributed by atoms with Gasteiger partial charge < -0.3 is 24.7 Å².